The number of thiophene rings is 1. The highest BCUT2D eigenvalue weighted by Gasteiger charge is 2.26. The van der Waals surface area contributed by atoms with E-state index >= 15 is 0 Å². The van der Waals surface area contributed by atoms with Gasteiger partial charge in [-0.05, 0) is 31.5 Å². The number of ether oxygens (including phenoxy) is 1. The van der Waals surface area contributed by atoms with Crippen molar-refractivity contribution in [2.75, 3.05) is 11.9 Å². The Morgan fingerprint density at radius 3 is 2.67 bits per heavy atom. The number of benzene rings is 1. The molecule has 0 fully saturated rings. The number of nitrogens with one attached hydrogen (secondary N) is 1. The molecule has 3 aromatic heterocycles. The number of rotatable bonds is 5. The highest BCUT2D eigenvalue weighted by Crippen LogP contribution is 2.40. The van der Waals surface area contributed by atoms with Crippen LogP contribution in [0.5, 0.6) is 0 Å². The minimum absolute atomic E-state index is 0.114. The lowest BCUT2D eigenvalue weighted by atomic mass is 10.0. The molecule has 0 aliphatic rings. The van der Waals surface area contributed by atoms with E-state index in [2.05, 4.69) is 10.3 Å². The summed E-state index contributed by atoms with van der Waals surface area (Å²) in [6, 6.07) is 12.2. The van der Waals surface area contributed by atoms with Gasteiger partial charge in [-0.2, -0.15) is 0 Å². The van der Waals surface area contributed by atoms with Crippen LogP contribution < -0.4 is 5.32 Å². The number of aryl methyl sites for hydroxylation is 1. The van der Waals surface area contributed by atoms with Crippen molar-refractivity contribution in [1.29, 1.82) is 0 Å². The van der Waals surface area contributed by atoms with Crippen LogP contribution in [0, 0.1) is 12.7 Å². The largest absolute Gasteiger partial charge is 0.462 e. The van der Waals surface area contributed by atoms with Crippen LogP contribution in [0.4, 0.5) is 9.39 Å². The topological polar surface area (TPSA) is 72.7 Å². The van der Waals surface area contributed by atoms with Crippen LogP contribution in [0.15, 0.2) is 54.9 Å². The minimum Gasteiger partial charge on any atom is -0.462 e. The van der Waals surface area contributed by atoms with Gasteiger partial charge in [-0.15, -0.1) is 11.3 Å². The zero-order chi connectivity index (χ0) is 21.3. The number of carbonyl (C=O) groups excluding carboxylic acids is 2. The van der Waals surface area contributed by atoms with Crippen LogP contribution in [0.25, 0.3) is 16.8 Å². The third kappa shape index (κ3) is 3.69. The van der Waals surface area contributed by atoms with Gasteiger partial charge in [-0.25, -0.2) is 14.2 Å². The van der Waals surface area contributed by atoms with Crippen molar-refractivity contribution in [1.82, 2.24) is 9.38 Å². The van der Waals surface area contributed by atoms with Gasteiger partial charge in [0, 0.05) is 22.8 Å². The molecule has 0 unspecified atom stereocenters. The van der Waals surface area contributed by atoms with Crippen molar-refractivity contribution >= 4 is 33.9 Å². The number of hydrogen-bond acceptors (Lipinski definition) is 5. The van der Waals surface area contributed by atoms with Gasteiger partial charge >= 0.3 is 5.97 Å². The smallest absolute Gasteiger partial charge is 0.341 e. The van der Waals surface area contributed by atoms with Crippen LogP contribution in [0.3, 0.4) is 0 Å². The van der Waals surface area contributed by atoms with E-state index in [9.17, 15) is 14.0 Å². The average Bonchev–Trinajstić information content (AvgIpc) is 3.29. The molecule has 0 saturated heterocycles. The molecule has 0 atom stereocenters. The fourth-order valence-electron chi connectivity index (χ4n) is 3.22. The fourth-order valence-corrected chi connectivity index (χ4v) is 4.28. The van der Waals surface area contributed by atoms with Gasteiger partial charge in [0.15, 0.2) is 0 Å². The number of nitrogens with zero attached hydrogens (tertiary/aromatic N) is 2. The predicted molar refractivity (Wildman–Crippen MR) is 114 cm³/mol. The van der Waals surface area contributed by atoms with Crippen molar-refractivity contribution in [2.24, 2.45) is 0 Å². The summed E-state index contributed by atoms with van der Waals surface area (Å²) in [6.07, 6.45) is 2.68. The summed E-state index contributed by atoms with van der Waals surface area (Å²) in [5.41, 5.74) is 2.46. The summed E-state index contributed by atoms with van der Waals surface area (Å²) in [5, 5.41) is 3.17. The number of halogens is 1. The summed E-state index contributed by atoms with van der Waals surface area (Å²) in [4.78, 5) is 30.7. The number of hydrogen-bond donors (Lipinski definition) is 1. The van der Waals surface area contributed by atoms with Gasteiger partial charge in [0.1, 0.15) is 27.7 Å². The Morgan fingerprint density at radius 1 is 1.17 bits per heavy atom. The SMILES string of the molecule is CCOC(=O)c1c(NC(=O)c2cn3cc(F)ccc3n2)sc(C)c1-c1ccccc1. The van der Waals surface area contributed by atoms with Crippen molar-refractivity contribution < 1.29 is 18.7 Å². The number of anilines is 1. The highest BCUT2D eigenvalue weighted by atomic mass is 32.1. The molecule has 6 nitrogen and oxygen atoms in total. The van der Waals surface area contributed by atoms with Crippen LogP contribution in [0.1, 0.15) is 32.6 Å². The van der Waals surface area contributed by atoms with E-state index in [1.807, 2.05) is 37.3 Å². The van der Waals surface area contributed by atoms with Gasteiger partial charge in [0.2, 0.25) is 0 Å². The lowest BCUT2D eigenvalue weighted by Gasteiger charge is -2.08. The standard InChI is InChI=1S/C22H18FN3O3S/c1-3-29-22(28)19-18(14-7-5-4-6-8-14)13(2)30-21(19)25-20(27)16-12-26-11-15(23)9-10-17(26)24-16/h4-12H,3H2,1-2H3,(H,25,27). The lowest BCUT2D eigenvalue weighted by Crippen LogP contribution is -2.15. The second-order valence-corrected chi connectivity index (χ2v) is 7.74. The Labute approximate surface area is 176 Å². The quantitative estimate of drug-likeness (QED) is 0.462. The van der Waals surface area contributed by atoms with Crippen LogP contribution in [0.2, 0.25) is 0 Å². The molecule has 0 spiro atoms. The Balaban J connectivity index is 1.74. The minimum atomic E-state index is -0.506. The third-order valence-electron chi connectivity index (χ3n) is 4.50. The van der Waals surface area contributed by atoms with Gasteiger partial charge in [0.05, 0.1) is 6.61 Å². The number of amides is 1. The number of esters is 1. The normalized spacial score (nSPS) is 10.9. The van der Waals surface area contributed by atoms with Crippen molar-refractivity contribution in [3.63, 3.8) is 0 Å². The number of aromatic nitrogens is 2. The molecule has 152 valence electrons. The molecule has 8 heteroatoms. The summed E-state index contributed by atoms with van der Waals surface area (Å²) in [7, 11) is 0. The molecule has 0 saturated carbocycles. The molecule has 0 aliphatic carbocycles. The Hall–Kier alpha value is -3.52. The molecule has 1 amide bonds. The molecule has 3 heterocycles. The molecule has 30 heavy (non-hydrogen) atoms. The van der Waals surface area contributed by atoms with Crippen LogP contribution >= 0.6 is 11.3 Å². The third-order valence-corrected chi connectivity index (χ3v) is 5.52. The molecule has 1 aromatic carbocycles. The molecule has 4 aromatic rings. The van der Waals surface area contributed by atoms with E-state index < -0.39 is 17.7 Å². The number of carbonyl (C=O) groups is 2. The van der Waals surface area contributed by atoms with Crippen molar-refractivity contribution in [3.05, 3.63) is 76.8 Å². The van der Waals surface area contributed by atoms with E-state index in [-0.39, 0.29) is 12.3 Å². The van der Waals surface area contributed by atoms with Gasteiger partial charge in [-0.1, -0.05) is 30.3 Å². The molecular formula is C22H18FN3O3S. The van der Waals surface area contributed by atoms with Gasteiger partial charge in [0.25, 0.3) is 5.91 Å². The van der Waals surface area contributed by atoms with E-state index in [4.69, 9.17) is 4.74 Å². The van der Waals surface area contributed by atoms with Crippen LogP contribution in [-0.4, -0.2) is 27.9 Å². The zero-order valence-corrected chi connectivity index (χ0v) is 17.1. The maximum atomic E-state index is 13.4. The average molecular weight is 423 g/mol. The Kier molecular flexibility index (Phi) is 5.33. The van der Waals surface area contributed by atoms with Gasteiger partial charge < -0.3 is 14.5 Å². The molecule has 0 radical (unpaired) electrons. The maximum absolute atomic E-state index is 13.4. The first-order valence-corrected chi connectivity index (χ1v) is 10.1. The van der Waals surface area contributed by atoms with E-state index in [1.54, 1.807) is 6.92 Å². The lowest BCUT2D eigenvalue weighted by molar-refractivity contribution is 0.0529. The summed E-state index contributed by atoms with van der Waals surface area (Å²) < 4.78 is 20.1. The number of pyridine rings is 1. The molecular weight excluding hydrogens is 405 g/mol. The second kappa shape index (κ2) is 8.08. The molecule has 0 aliphatic heterocycles. The fraction of sp³-hybridized carbons (Fsp3) is 0.136. The van der Waals surface area contributed by atoms with E-state index in [1.165, 1.54) is 40.3 Å². The first-order chi connectivity index (χ1) is 14.5. The maximum Gasteiger partial charge on any atom is 0.341 e. The second-order valence-electron chi connectivity index (χ2n) is 6.52. The Bertz CT molecular complexity index is 1250. The number of fused-ring (bicyclic) bond motifs is 1. The summed E-state index contributed by atoms with van der Waals surface area (Å²) in [6.45, 7) is 3.83. The first kappa shape index (κ1) is 19.8. The molecule has 1 N–H and O–H groups in total. The predicted octanol–water partition coefficient (Wildman–Crippen LogP) is 4.94. The number of imidazole rings is 1. The highest BCUT2D eigenvalue weighted by molar-refractivity contribution is 7.17. The molecule has 0 bridgehead atoms. The van der Waals surface area contributed by atoms with Crippen molar-refractivity contribution in [3.8, 4) is 11.1 Å². The Morgan fingerprint density at radius 2 is 1.93 bits per heavy atom. The van der Waals surface area contributed by atoms with Crippen molar-refractivity contribution in [2.45, 2.75) is 13.8 Å². The molecule has 4 rings (SSSR count). The van der Waals surface area contributed by atoms with E-state index in [0.29, 0.717) is 16.2 Å². The van der Waals surface area contributed by atoms with E-state index in [0.717, 1.165) is 16.0 Å². The first-order valence-electron chi connectivity index (χ1n) is 9.29. The van der Waals surface area contributed by atoms with Crippen LogP contribution in [-0.2, 0) is 4.74 Å². The monoisotopic (exact) mass is 423 g/mol. The summed E-state index contributed by atoms with van der Waals surface area (Å²) >= 11 is 1.29. The summed E-state index contributed by atoms with van der Waals surface area (Å²) in [5.74, 6) is -1.43. The zero-order valence-electron chi connectivity index (χ0n) is 16.3. The van der Waals surface area contributed by atoms with Gasteiger partial charge in [-0.3, -0.25) is 4.79 Å².